The summed E-state index contributed by atoms with van der Waals surface area (Å²) < 4.78 is 0. The van der Waals surface area contributed by atoms with Crippen molar-refractivity contribution >= 4 is 5.78 Å². The van der Waals surface area contributed by atoms with Crippen LogP contribution in [0, 0.1) is 13.8 Å². The summed E-state index contributed by atoms with van der Waals surface area (Å²) in [5, 5.41) is 7.19. The largest absolute Gasteiger partial charge is 0.294 e. The molecule has 1 aromatic heterocycles. The summed E-state index contributed by atoms with van der Waals surface area (Å²) in [4.78, 5) is 12.2. The molecule has 18 heavy (non-hydrogen) atoms. The van der Waals surface area contributed by atoms with E-state index in [4.69, 9.17) is 0 Å². The van der Waals surface area contributed by atoms with Crippen LogP contribution in [0.2, 0.25) is 0 Å². The summed E-state index contributed by atoms with van der Waals surface area (Å²) in [6, 6.07) is 8.30. The topological polar surface area (TPSA) is 45.8 Å². The number of aromatic nitrogens is 2. The zero-order chi connectivity index (χ0) is 12.7. The van der Waals surface area contributed by atoms with Gasteiger partial charge < -0.3 is 0 Å². The molecule has 1 aliphatic carbocycles. The van der Waals surface area contributed by atoms with Gasteiger partial charge in [-0.1, -0.05) is 24.3 Å². The Balaban J connectivity index is 2.00. The van der Waals surface area contributed by atoms with Gasteiger partial charge in [0.1, 0.15) is 0 Å². The highest BCUT2D eigenvalue weighted by molar-refractivity contribution is 5.99. The average Bonchev–Trinajstić information content (AvgIpc) is 2.72. The van der Waals surface area contributed by atoms with Crippen LogP contribution in [0.15, 0.2) is 24.3 Å². The summed E-state index contributed by atoms with van der Waals surface area (Å²) in [6.07, 6.45) is 1.45. The van der Waals surface area contributed by atoms with E-state index in [1.807, 2.05) is 19.1 Å². The number of H-pyrrole nitrogens is 1. The molecule has 0 spiro atoms. The molecule has 0 amide bonds. The lowest BCUT2D eigenvalue weighted by molar-refractivity contribution is 0.0963. The quantitative estimate of drug-likeness (QED) is 0.833. The van der Waals surface area contributed by atoms with Crippen molar-refractivity contribution in [1.29, 1.82) is 0 Å². The molecule has 0 saturated heterocycles. The minimum atomic E-state index is 0.218. The van der Waals surface area contributed by atoms with Gasteiger partial charge in [-0.25, -0.2) is 0 Å². The van der Waals surface area contributed by atoms with Crippen molar-refractivity contribution in [3.8, 4) is 0 Å². The summed E-state index contributed by atoms with van der Waals surface area (Å²) in [7, 11) is 0. The van der Waals surface area contributed by atoms with Crippen molar-refractivity contribution in [2.75, 3.05) is 0 Å². The van der Waals surface area contributed by atoms with Gasteiger partial charge in [0.15, 0.2) is 5.78 Å². The van der Waals surface area contributed by atoms with Gasteiger partial charge in [0, 0.05) is 12.1 Å². The Morgan fingerprint density at radius 2 is 2.00 bits per heavy atom. The van der Waals surface area contributed by atoms with Gasteiger partial charge in [0.25, 0.3) is 0 Å². The number of fused-ring (bicyclic) bond motifs is 1. The van der Waals surface area contributed by atoms with Crippen molar-refractivity contribution in [3.05, 3.63) is 52.3 Å². The second kappa shape index (κ2) is 4.09. The maximum absolute atomic E-state index is 12.2. The van der Waals surface area contributed by atoms with Crippen LogP contribution in [-0.4, -0.2) is 16.0 Å². The third-order valence-electron chi connectivity index (χ3n) is 3.80. The number of nitrogens with zero attached hydrogens (tertiary/aromatic N) is 1. The Kier molecular flexibility index (Phi) is 2.54. The van der Waals surface area contributed by atoms with E-state index in [1.165, 1.54) is 11.1 Å². The van der Waals surface area contributed by atoms with E-state index >= 15 is 0 Å². The van der Waals surface area contributed by atoms with E-state index < -0.39 is 0 Å². The number of aromatic amines is 1. The van der Waals surface area contributed by atoms with Crippen LogP contribution < -0.4 is 0 Å². The number of aryl methyl sites for hydroxylation is 2. The Bertz CT molecular complexity index is 613. The summed E-state index contributed by atoms with van der Waals surface area (Å²) in [5.41, 5.74) is 5.18. The number of ketones is 1. The second-order valence-electron chi connectivity index (χ2n) is 5.06. The predicted octanol–water partition coefficient (Wildman–Crippen LogP) is 2.94. The molecule has 0 radical (unpaired) electrons. The predicted molar refractivity (Wildman–Crippen MR) is 69.9 cm³/mol. The lowest BCUT2D eigenvalue weighted by Gasteiger charge is -2.22. The Morgan fingerprint density at radius 3 is 2.78 bits per heavy atom. The van der Waals surface area contributed by atoms with E-state index in [1.54, 1.807) is 0 Å². The molecule has 3 heteroatoms. The number of benzene rings is 1. The fraction of sp³-hybridized carbons (Fsp3) is 0.333. The van der Waals surface area contributed by atoms with E-state index in [0.717, 1.165) is 23.4 Å². The average molecular weight is 240 g/mol. The molecular formula is C15H16N2O. The molecule has 0 bridgehead atoms. The molecule has 1 aliphatic rings. The Hall–Kier alpha value is -1.90. The van der Waals surface area contributed by atoms with Crippen LogP contribution in [0.25, 0.3) is 0 Å². The van der Waals surface area contributed by atoms with Gasteiger partial charge in [-0.05, 0) is 37.3 Å². The standard InChI is InChI=1S/C15H16N2O/c1-9-5-3-4-6-12(9)11-7-13-15(14(18)8-11)10(2)16-17-13/h3-6,11H,7-8H2,1-2H3,(H,16,17)/t11-/m1/s1. The smallest absolute Gasteiger partial charge is 0.167 e. The number of nitrogens with one attached hydrogen (secondary N) is 1. The van der Waals surface area contributed by atoms with Crippen LogP contribution in [0.5, 0.6) is 0 Å². The summed E-state index contributed by atoms with van der Waals surface area (Å²) in [6.45, 7) is 4.02. The lowest BCUT2D eigenvalue weighted by atomic mass is 9.80. The molecule has 0 saturated carbocycles. The second-order valence-corrected chi connectivity index (χ2v) is 5.06. The SMILES string of the molecule is Cc1ccccc1[C@H]1CC(=O)c2c(n[nH]c2C)C1. The molecule has 0 unspecified atom stereocenters. The zero-order valence-corrected chi connectivity index (χ0v) is 10.7. The van der Waals surface area contributed by atoms with Crippen LogP contribution in [0.4, 0.5) is 0 Å². The van der Waals surface area contributed by atoms with Crippen molar-refractivity contribution < 1.29 is 4.79 Å². The normalized spacial score (nSPS) is 18.8. The number of rotatable bonds is 1. The number of Topliss-reactive ketones (excluding diaryl/α,β-unsaturated/α-hetero) is 1. The monoisotopic (exact) mass is 240 g/mol. The van der Waals surface area contributed by atoms with Gasteiger partial charge in [-0.3, -0.25) is 9.89 Å². The van der Waals surface area contributed by atoms with Crippen LogP contribution in [0.3, 0.4) is 0 Å². The number of carbonyl (C=O) groups is 1. The maximum atomic E-state index is 12.2. The van der Waals surface area contributed by atoms with Gasteiger partial charge >= 0.3 is 0 Å². The molecule has 3 nitrogen and oxygen atoms in total. The molecular weight excluding hydrogens is 224 g/mol. The summed E-state index contributed by atoms with van der Waals surface area (Å²) >= 11 is 0. The molecule has 1 atom stereocenters. The maximum Gasteiger partial charge on any atom is 0.167 e. The Labute approximate surface area is 106 Å². The first-order chi connectivity index (χ1) is 8.66. The highest BCUT2D eigenvalue weighted by atomic mass is 16.1. The van der Waals surface area contributed by atoms with Gasteiger partial charge in [-0.2, -0.15) is 5.10 Å². The third-order valence-corrected chi connectivity index (χ3v) is 3.80. The van der Waals surface area contributed by atoms with Crippen molar-refractivity contribution in [2.24, 2.45) is 0 Å². The fourth-order valence-corrected chi connectivity index (χ4v) is 2.89. The fourth-order valence-electron chi connectivity index (χ4n) is 2.89. The minimum Gasteiger partial charge on any atom is -0.294 e. The molecule has 92 valence electrons. The highest BCUT2D eigenvalue weighted by Gasteiger charge is 2.30. The van der Waals surface area contributed by atoms with E-state index in [2.05, 4.69) is 29.3 Å². The molecule has 0 fully saturated rings. The third kappa shape index (κ3) is 1.67. The van der Waals surface area contributed by atoms with Crippen LogP contribution in [0.1, 0.15) is 45.2 Å². The van der Waals surface area contributed by atoms with E-state index in [0.29, 0.717) is 6.42 Å². The first-order valence-electron chi connectivity index (χ1n) is 6.29. The zero-order valence-electron chi connectivity index (χ0n) is 10.7. The molecule has 2 aromatic rings. The molecule has 1 N–H and O–H groups in total. The lowest BCUT2D eigenvalue weighted by Crippen LogP contribution is -2.19. The van der Waals surface area contributed by atoms with E-state index in [9.17, 15) is 4.79 Å². The van der Waals surface area contributed by atoms with Gasteiger partial charge in [0.05, 0.1) is 11.3 Å². The number of carbonyl (C=O) groups excluding carboxylic acids is 1. The van der Waals surface area contributed by atoms with Crippen molar-refractivity contribution in [3.63, 3.8) is 0 Å². The summed E-state index contributed by atoms with van der Waals surface area (Å²) in [5.74, 6) is 0.490. The molecule has 3 rings (SSSR count). The van der Waals surface area contributed by atoms with Crippen molar-refractivity contribution in [1.82, 2.24) is 10.2 Å². The Morgan fingerprint density at radius 1 is 1.22 bits per heavy atom. The van der Waals surface area contributed by atoms with Crippen molar-refractivity contribution in [2.45, 2.75) is 32.6 Å². The van der Waals surface area contributed by atoms with Crippen LogP contribution in [-0.2, 0) is 6.42 Å². The number of hydrogen-bond donors (Lipinski definition) is 1. The first-order valence-corrected chi connectivity index (χ1v) is 6.29. The van der Waals surface area contributed by atoms with Crippen LogP contribution >= 0.6 is 0 Å². The molecule has 0 aliphatic heterocycles. The number of hydrogen-bond acceptors (Lipinski definition) is 2. The minimum absolute atomic E-state index is 0.218. The molecule has 1 heterocycles. The molecule has 1 aromatic carbocycles. The highest BCUT2D eigenvalue weighted by Crippen LogP contribution is 2.34. The van der Waals surface area contributed by atoms with Gasteiger partial charge in [0.2, 0.25) is 0 Å². The first kappa shape index (κ1) is 11.2. The van der Waals surface area contributed by atoms with Gasteiger partial charge in [-0.15, -0.1) is 0 Å². The van der Waals surface area contributed by atoms with E-state index in [-0.39, 0.29) is 11.7 Å².